The van der Waals surface area contributed by atoms with E-state index in [9.17, 15) is 4.79 Å². The van der Waals surface area contributed by atoms with Gasteiger partial charge in [0, 0.05) is 30.9 Å². The van der Waals surface area contributed by atoms with Crippen LogP contribution in [0.1, 0.15) is 28.8 Å². The van der Waals surface area contributed by atoms with Crippen LogP contribution in [0.4, 0.5) is 0 Å². The van der Waals surface area contributed by atoms with Gasteiger partial charge in [0.15, 0.2) is 5.16 Å². The summed E-state index contributed by atoms with van der Waals surface area (Å²) < 4.78 is 2.18. The Morgan fingerprint density at radius 1 is 0.970 bits per heavy atom. The number of carbonyl (C=O) groups is 1. The fraction of sp³-hybridized carbons (Fsp3) is 0.269. The molecule has 0 aliphatic rings. The molecule has 4 aromatic rings. The molecule has 33 heavy (non-hydrogen) atoms. The molecule has 0 saturated carbocycles. The number of benzene rings is 2. The summed E-state index contributed by atoms with van der Waals surface area (Å²) in [6.45, 7) is 4.11. The van der Waals surface area contributed by atoms with Crippen LogP contribution in [0.3, 0.4) is 0 Å². The summed E-state index contributed by atoms with van der Waals surface area (Å²) in [5.41, 5.74) is 2.42. The van der Waals surface area contributed by atoms with Crippen LogP contribution in [0.5, 0.6) is 0 Å². The molecule has 0 unspecified atom stereocenters. The zero-order chi connectivity index (χ0) is 22.9. The largest absolute Gasteiger partial charge is 0.338 e. The maximum absolute atomic E-state index is 13.0. The SMILES string of the molecule is CCN(Cc1ccccc1)C(=O)CSc1nnc(Cc2cccs2)n1CCc1ccccc1. The van der Waals surface area contributed by atoms with Gasteiger partial charge in [-0.25, -0.2) is 0 Å². The van der Waals surface area contributed by atoms with Gasteiger partial charge in [0.1, 0.15) is 5.82 Å². The summed E-state index contributed by atoms with van der Waals surface area (Å²) in [7, 11) is 0. The average Bonchev–Trinajstić information content (AvgIpc) is 3.51. The minimum absolute atomic E-state index is 0.115. The van der Waals surface area contributed by atoms with E-state index in [1.807, 2.05) is 36.1 Å². The second kappa shape index (κ2) is 11.8. The van der Waals surface area contributed by atoms with Crippen LogP contribution >= 0.6 is 23.1 Å². The molecule has 1 amide bonds. The van der Waals surface area contributed by atoms with E-state index < -0.39 is 0 Å². The zero-order valence-electron chi connectivity index (χ0n) is 18.8. The number of thiophene rings is 1. The second-order valence-electron chi connectivity index (χ2n) is 7.72. The lowest BCUT2D eigenvalue weighted by molar-refractivity contribution is -0.128. The highest BCUT2D eigenvalue weighted by atomic mass is 32.2. The lowest BCUT2D eigenvalue weighted by Crippen LogP contribution is -2.31. The highest BCUT2D eigenvalue weighted by Crippen LogP contribution is 2.22. The van der Waals surface area contributed by atoms with Crippen molar-refractivity contribution in [2.75, 3.05) is 12.3 Å². The van der Waals surface area contributed by atoms with Gasteiger partial charge in [-0.05, 0) is 35.9 Å². The summed E-state index contributed by atoms with van der Waals surface area (Å²) in [4.78, 5) is 16.1. The van der Waals surface area contributed by atoms with Crippen molar-refractivity contribution >= 4 is 29.0 Å². The molecule has 5 nitrogen and oxygen atoms in total. The van der Waals surface area contributed by atoms with Crippen molar-refractivity contribution in [3.8, 4) is 0 Å². The molecular formula is C26H28N4OS2. The van der Waals surface area contributed by atoms with E-state index in [4.69, 9.17) is 0 Å². The normalized spacial score (nSPS) is 10.9. The number of hydrogen-bond donors (Lipinski definition) is 0. The van der Waals surface area contributed by atoms with Crippen LogP contribution in [0.2, 0.25) is 0 Å². The second-order valence-corrected chi connectivity index (χ2v) is 9.70. The van der Waals surface area contributed by atoms with Gasteiger partial charge in [0.2, 0.25) is 5.91 Å². The molecule has 0 spiro atoms. The summed E-state index contributed by atoms with van der Waals surface area (Å²) >= 11 is 3.21. The molecule has 2 aromatic carbocycles. The molecule has 0 bridgehead atoms. The van der Waals surface area contributed by atoms with Crippen molar-refractivity contribution in [3.63, 3.8) is 0 Å². The Hall–Kier alpha value is -2.90. The Kier molecular flexibility index (Phi) is 8.33. The van der Waals surface area contributed by atoms with Crippen molar-refractivity contribution < 1.29 is 4.79 Å². The van der Waals surface area contributed by atoms with Gasteiger partial charge in [-0.2, -0.15) is 0 Å². The van der Waals surface area contributed by atoms with E-state index in [1.165, 1.54) is 22.2 Å². The zero-order valence-corrected chi connectivity index (χ0v) is 20.4. The first kappa shape index (κ1) is 23.3. The molecule has 0 saturated heterocycles. The number of rotatable bonds is 11. The lowest BCUT2D eigenvalue weighted by Gasteiger charge is -2.21. The highest BCUT2D eigenvalue weighted by molar-refractivity contribution is 7.99. The van der Waals surface area contributed by atoms with Crippen LogP contribution in [-0.2, 0) is 30.7 Å². The first-order valence-corrected chi connectivity index (χ1v) is 13.0. The number of nitrogens with zero attached hydrogens (tertiary/aromatic N) is 4. The monoisotopic (exact) mass is 476 g/mol. The Bertz CT molecular complexity index is 1130. The molecule has 0 N–H and O–H groups in total. The standard InChI is InChI=1S/C26H28N4OS2/c1-2-29(19-22-12-7-4-8-13-22)25(31)20-33-26-28-27-24(18-23-14-9-17-32-23)30(26)16-15-21-10-5-3-6-11-21/h3-14,17H,2,15-16,18-20H2,1H3. The molecule has 0 aliphatic carbocycles. The molecule has 7 heteroatoms. The van der Waals surface area contributed by atoms with Crippen molar-refractivity contribution in [1.82, 2.24) is 19.7 Å². The predicted octanol–water partition coefficient (Wildman–Crippen LogP) is 5.31. The molecule has 0 radical (unpaired) electrons. The Morgan fingerprint density at radius 3 is 2.36 bits per heavy atom. The predicted molar refractivity (Wildman–Crippen MR) is 136 cm³/mol. The molecule has 170 valence electrons. The highest BCUT2D eigenvalue weighted by Gasteiger charge is 2.18. The summed E-state index contributed by atoms with van der Waals surface area (Å²) in [5.74, 6) is 1.41. The quantitative estimate of drug-likeness (QED) is 0.275. The molecule has 0 atom stereocenters. The molecule has 2 heterocycles. The van der Waals surface area contributed by atoms with Crippen LogP contribution in [0, 0.1) is 0 Å². The van der Waals surface area contributed by atoms with Gasteiger partial charge in [0.05, 0.1) is 5.75 Å². The molecule has 4 rings (SSSR count). The van der Waals surface area contributed by atoms with Crippen LogP contribution in [0.15, 0.2) is 83.3 Å². The number of amides is 1. The number of carbonyl (C=O) groups excluding carboxylic acids is 1. The van der Waals surface area contributed by atoms with Crippen molar-refractivity contribution in [1.29, 1.82) is 0 Å². The number of thioether (sulfide) groups is 1. The maximum Gasteiger partial charge on any atom is 0.233 e. The van der Waals surface area contributed by atoms with E-state index >= 15 is 0 Å². The van der Waals surface area contributed by atoms with E-state index in [-0.39, 0.29) is 5.91 Å². The van der Waals surface area contributed by atoms with E-state index in [2.05, 4.69) is 68.7 Å². The lowest BCUT2D eigenvalue weighted by atomic mass is 10.1. The number of aromatic nitrogens is 3. The Labute approximate surface area is 203 Å². The van der Waals surface area contributed by atoms with Gasteiger partial charge < -0.3 is 9.47 Å². The fourth-order valence-electron chi connectivity index (χ4n) is 3.63. The van der Waals surface area contributed by atoms with E-state index in [1.54, 1.807) is 11.3 Å². The van der Waals surface area contributed by atoms with Gasteiger partial charge in [-0.3, -0.25) is 4.79 Å². The first-order chi connectivity index (χ1) is 16.2. The first-order valence-electron chi connectivity index (χ1n) is 11.2. The van der Waals surface area contributed by atoms with Crippen LogP contribution in [-0.4, -0.2) is 37.9 Å². The maximum atomic E-state index is 13.0. The smallest absolute Gasteiger partial charge is 0.233 e. The van der Waals surface area contributed by atoms with Gasteiger partial charge in [-0.1, -0.05) is 78.5 Å². The van der Waals surface area contributed by atoms with Crippen molar-refractivity contribution in [2.24, 2.45) is 0 Å². The molecule has 0 aliphatic heterocycles. The molecular weight excluding hydrogens is 448 g/mol. The molecule has 0 fully saturated rings. The van der Waals surface area contributed by atoms with Crippen LogP contribution in [0.25, 0.3) is 0 Å². The Morgan fingerprint density at radius 2 is 1.70 bits per heavy atom. The van der Waals surface area contributed by atoms with Crippen molar-refractivity contribution in [3.05, 3.63) is 100 Å². The number of hydrogen-bond acceptors (Lipinski definition) is 5. The summed E-state index contributed by atoms with van der Waals surface area (Å²) in [5, 5.41) is 11.8. The fourth-order valence-corrected chi connectivity index (χ4v) is 5.22. The Balaban J connectivity index is 1.45. The average molecular weight is 477 g/mol. The number of aryl methyl sites for hydroxylation is 1. The van der Waals surface area contributed by atoms with Gasteiger partial charge >= 0.3 is 0 Å². The topological polar surface area (TPSA) is 51.0 Å². The van der Waals surface area contributed by atoms with Gasteiger partial charge in [-0.15, -0.1) is 21.5 Å². The molecule has 2 aromatic heterocycles. The summed E-state index contributed by atoms with van der Waals surface area (Å²) in [6, 6.07) is 24.7. The van der Waals surface area contributed by atoms with E-state index in [0.29, 0.717) is 18.8 Å². The summed E-state index contributed by atoms with van der Waals surface area (Å²) in [6.07, 6.45) is 1.65. The third-order valence-electron chi connectivity index (χ3n) is 5.45. The van der Waals surface area contributed by atoms with Crippen molar-refractivity contribution in [2.45, 2.75) is 38.0 Å². The van der Waals surface area contributed by atoms with Crippen LogP contribution < -0.4 is 0 Å². The third-order valence-corrected chi connectivity index (χ3v) is 7.28. The third kappa shape index (κ3) is 6.55. The van der Waals surface area contributed by atoms with E-state index in [0.717, 1.165) is 35.9 Å². The minimum Gasteiger partial charge on any atom is -0.338 e. The minimum atomic E-state index is 0.115. The van der Waals surface area contributed by atoms with Gasteiger partial charge in [0.25, 0.3) is 0 Å².